The molecule has 0 aliphatic heterocycles. The summed E-state index contributed by atoms with van der Waals surface area (Å²) >= 11 is 0. The van der Waals surface area contributed by atoms with E-state index in [-0.39, 0.29) is 7.43 Å². The Kier molecular flexibility index (Phi) is 10.5. The number of aromatic nitrogens is 2. The van der Waals surface area contributed by atoms with E-state index in [0.29, 0.717) is 0 Å². The van der Waals surface area contributed by atoms with Gasteiger partial charge < -0.3 is 4.57 Å². The lowest BCUT2D eigenvalue weighted by atomic mass is 10.3. The van der Waals surface area contributed by atoms with E-state index >= 15 is 0 Å². The number of hydrogen-bond donors (Lipinski definition) is 0. The van der Waals surface area contributed by atoms with Gasteiger partial charge in [-0.05, 0) is 18.1 Å². The summed E-state index contributed by atoms with van der Waals surface area (Å²) in [6.07, 6.45) is 1.82. The van der Waals surface area contributed by atoms with E-state index in [9.17, 15) is 0 Å². The third-order valence-corrected chi connectivity index (χ3v) is 1.63. The van der Waals surface area contributed by atoms with Crippen LogP contribution in [0.25, 0.3) is 11.0 Å². The Labute approximate surface area is 107 Å². The van der Waals surface area contributed by atoms with E-state index in [4.69, 9.17) is 0 Å². The van der Waals surface area contributed by atoms with Crippen LogP contribution in [-0.4, -0.2) is 9.55 Å². The molecule has 0 spiro atoms. The molecule has 0 fully saturated rings. The predicted molar refractivity (Wildman–Crippen MR) is 79.3 cm³/mol. The van der Waals surface area contributed by atoms with Gasteiger partial charge in [0.1, 0.15) is 0 Å². The monoisotopic (exact) mass is 236 g/mol. The van der Waals surface area contributed by atoms with E-state index in [0.717, 1.165) is 11.4 Å². The van der Waals surface area contributed by atoms with E-state index in [2.05, 4.69) is 31.8 Å². The molecule has 2 rings (SSSR count). The lowest BCUT2D eigenvalue weighted by Crippen LogP contribution is -1.81. The van der Waals surface area contributed by atoms with E-state index in [1.54, 1.807) is 0 Å². The molecule has 0 aliphatic carbocycles. The first-order valence-corrected chi connectivity index (χ1v) is 5.97. The van der Waals surface area contributed by atoms with Crippen molar-refractivity contribution in [1.82, 2.24) is 9.55 Å². The van der Waals surface area contributed by atoms with E-state index in [1.807, 2.05) is 50.0 Å². The number of aryl methyl sites for hydroxylation is 1. The van der Waals surface area contributed by atoms with Crippen molar-refractivity contribution in [2.24, 2.45) is 13.0 Å². The molecule has 0 bridgehead atoms. The standard InChI is InChI=1S/C8H8N2.C4H10.C2H6.CH4/c1-10-6-9-7-4-2-3-5-8(7)10;1-4(2)3;1-2;/h2-6H,1H3;4H,1-3H3;1-2H3;1H4. The van der Waals surface area contributed by atoms with Crippen LogP contribution in [0.5, 0.6) is 0 Å². The number of para-hydroxylation sites is 2. The van der Waals surface area contributed by atoms with Gasteiger partial charge in [0.15, 0.2) is 0 Å². The van der Waals surface area contributed by atoms with Crippen molar-refractivity contribution in [2.45, 2.75) is 42.0 Å². The summed E-state index contributed by atoms with van der Waals surface area (Å²) in [6.45, 7) is 10.5. The van der Waals surface area contributed by atoms with Gasteiger partial charge in [0, 0.05) is 7.05 Å². The molecule has 0 saturated carbocycles. The van der Waals surface area contributed by atoms with Gasteiger partial charge in [-0.3, -0.25) is 0 Å². The number of hydrogen-bond acceptors (Lipinski definition) is 1. The molecule has 98 valence electrons. The zero-order valence-corrected chi connectivity index (χ0v) is 11.4. The molecule has 0 radical (unpaired) electrons. The van der Waals surface area contributed by atoms with Gasteiger partial charge >= 0.3 is 0 Å². The summed E-state index contributed by atoms with van der Waals surface area (Å²) in [4.78, 5) is 4.18. The summed E-state index contributed by atoms with van der Waals surface area (Å²) in [6, 6.07) is 8.08. The molecule has 0 unspecified atom stereocenters. The molecule has 2 heteroatoms. The smallest absolute Gasteiger partial charge is 0.0955 e. The molecule has 2 aromatic rings. The number of benzene rings is 1. The third kappa shape index (κ3) is 6.77. The maximum absolute atomic E-state index is 4.18. The Morgan fingerprint density at radius 3 is 2.00 bits per heavy atom. The number of nitrogens with zero attached hydrogens (tertiary/aromatic N) is 2. The van der Waals surface area contributed by atoms with Crippen molar-refractivity contribution in [2.75, 3.05) is 0 Å². The maximum atomic E-state index is 4.18. The van der Waals surface area contributed by atoms with Crippen LogP contribution < -0.4 is 0 Å². The molecule has 1 aromatic heterocycles. The van der Waals surface area contributed by atoms with Gasteiger partial charge in [0.05, 0.1) is 17.4 Å². The predicted octanol–water partition coefficient (Wildman–Crippen LogP) is 4.90. The van der Waals surface area contributed by atoms with Crippen LogP contribution >= 0.6 is 0 Å². The molecule has 0 N–H and O–H groups in total. The minimum atomic E-state index is 0. The SMILES string of the molecule is C.CC.CC(C)C.Cn1cnc2ccccc21. The van der Waals surface area contributed by atoms with Gasteiger partial charge in [0.2, 0.25) is 0 Å². The average Bonchev–Trinajstić information content (AvgIpc) is 2.64. The Morgan fingerprint density at radius 2 is 1.53 bits per heavy atom. The van der Waals surface area contributed by atoms with Crippen molar-refractivity contribution in [1.29, 1.82) is 0 Å². The second kappa shape index (κ2) is 9.88. The van der Waals surface area contributed by atoms with Crippen LogP contribution in [0.2, 0.25) is 0 Å². The Morgan fingerprint density at radius 1 is 1.06 bits per heavy atom. The topological polar surface area (TPSA) is 17.8 Å². The van der Waals surface area contributed by atoms with Crippen molar-refractivity contribution in [3.8, 4) is 0 Å². The van der Waals surface area contributed by atoms with Crippen LogP contribution in [-0.2, 0) is 7.05 Å². The first-order chi connectivity index (χ1) is 7.61. The van der Waals surface area contributed by atoms with Gasteiger partial charge in [-0.25, -0.2) is 4.98 Å². The molecule has 17 heavy (non-hydrogen) atoms. The first kappa shape index (κ1) is 18.1. The lowest BCUT2D eigenvalue weighted by Gasteiger charge is -1.90. The molecular weight excluding hydrogens is 208 g/mol. The second-order valence-corrected chi connectivity index (χ2v) is 4.08. The van der Waals surface area contributed by atoms with Crippen molar-refractivity contribution in [3.05, 3.63) is 30.6 Å². The van der Waals surface area contributed by atoms with Gasteiger partial charge in [0.25, 0.3) is 0 Å². The van der Waals surface area contributed by atoms with Crippen molar-refractivity contribution >= 4 is 11.0 Å². The van der Waals surface area contributed by atoms with E-state index in [1.165, 1.54) is 5.52 Å². The van der Waals surface area contributed by atoms with Crippen LogP contribution in [0.4, 0.5) is 0 Å². The van der Waals surface area contributed by atoms with Crippen LogP contribution in [0, 0.1) is 5.92 Å². The van der Waals surface area contributed by atoms with Crippen LogP contribution in [0.3, 0.4) is 0 Å². The Hall–Kier alpha value is -1.31. The minimum Gasteiger partial charge on any atom is -0.334 e. The zero-order valence-electron chi connectivity index (χ0n) is 11.4. The molecule has 1 aromatic carbocycles. The highest BCUT2D eigenvalue weighted by molar-refractivity contribution is 5.74. The molecule has 0 amide bonds. The molecule has 0 saturated heterocycles. The fourth-order valence-corrected chi connectivity index (χ4v) is 1.08. The first-order valence-electron chi connectivity index (χ1n) is 5.97. The van der Waals surface area contributed by atoms with Gasteiger partial charge in [-0.1, -0.05) is 54.2 Å². The lowest BCUT2D eigenvalue weighted by molar-refractivity contribution is 0.737. The van der Waals surface area contributed by atoms with Gasteiger partial charge in [-0.2, -0.15) is 0 Å². The molecule has 0 aliphatic rings. The van der Waals surface area contributed by atoms with Crippen LogP contribution in [0.1, 0.15) is 42.0 Å². The fraction of sp³-hybridized carbons (Fsp3) is 0.533. The number of imidazole rings is 1. The van der Waals surface area contributed by atoms with Gasteiger partial charge in [-0.15, -0.1) is 0 Å². The maximum Gasteiger partial charge on any atom is 0.0955 e. The quantitative estimate of drug-likeness (QED) is 0.636. The highest BCUT2D eigenvalue weighted by Gasteiger charge is 1.93. The summed E-state index contributed by atoms with van der Waals surface area (Å²) in [5, 5.41) is 0. The fourth-order valence-electron chi connectivity index (χ4n) is 1.08. The van der Waals surface area contributed by atoms with E-state index < -0.39 is 0 Å². The molecular formula is C15H28N2. The average molecular weight is 236 g/mol. The summed E-state index contributed by atoms with van der Waals surface area (Å²) < 4.78 is 2.01. The Bertz CT molecular complexity index is 386. The number of rotatable bonds is 0. The second-order valence-electron chi connectivity index (χ2n) is 4.08. The molecule has 2 nitrogen and oxygen atoms in total. The highest BCUT2D eigenvalue weighted by atomic mass is 15.0. The molecule has 0 atom stereocenters. The summed E-state index contributed by atoms with van der Waals surface area (Å²) in [7, 11) is 2.00. The minimum absolute atomic E-state index is 0. The van der Waals surface area contributed by atoms with Crippen molar-refractivity contribution in [3.63, 3.8) is 0 Å². The number of fused-ring (bicyclic) bond motifs is 1. The molecule has 1 heterocycles. The normalized spacial score (nSPS) is 8.65. The summed E-state index contributed by atoms with van der Waals surface area (Å²) in [5.41, 5.74) is 2.24. The summed E-state index contributed by atoms with van der Waals surface area (Å²) in [5.74, 6) is 0.833. The third-order valence-electron chi connectivity index (χ3n) is 1.63. The highest BCUT2D eigenvalue weighted by Crippen LogP contribution is 2.08. The van der Waals surface area contributed by atoms with Crippen LogP contribution in [0.15, 0.2) is 30.6 Å². The zero-order chi connectivity index (χ0) is 12.6. The Balaban J connectivity index is 0. The van der Waals surface area contributed by atoms with Crippen molar-refractivity contribution < 1.29 is 0 Å². The largest absolute Gasteiger partial charge is 0.334 e.